The van der Waals surface area contributed by atoms with Crippen LogP contribution in [-0.2, 0) is 22.0 Å². The molecule has 7 nitrogen and oxygen atoms in total. The Morgan fingerprint density at radius 2 is 1.69 bits per heavy atom. The zero-order valence-corrected chi connectivity index (χ0v) is 23.8. The molecule has 0 saturated carbocycles. The van der Waals surface area contributed by atoms with E-state index in [-0.39, 0.29) is 21.9 Å². The number of carbonyl (C=O) groups excluding carboxylic acids is 1. The highest BCUT2D eigenvalue weighted by Crippen LogP contribution is 2.44. The molecule has 36 heavy (non-hydrogen) atoms. The van der Waals surface area contributed by atoms with Crippen LogP contribution < -0.4 is 10.6 Å². The maximum atomic E-state index is 13.2. The van der Waals surface area contributed by atoms with Gasteiger partial charge in [0.25, 0.3) is 5.91 Å². The SMILES string of the molecule is CCCCN(CCCC)S(=O)(=O)c1ccc(C(=O)Nc2sc3c(c2C#N)CC(C)(C)NC3(C)C)cc1. The van der Waals surface area contributed by atoms with Crippen molar-refractivity contribution in [3.05, 3.63) is 45.8 Å². The standard InChI is InChI=1S/C27H38N4O3S2/c1-7-9-15-31(16-10-8-2)36(33,34)20-13-11-19(12-14-20)24(32)29-25-22(18-28)21-17-26(3,4)30-27(5,6)23(21)35-25/h11-14,30H,7-10,15-17H2,1-6H3,(H,29,32). The van der Waals surface area contributed by atoms with Gasteiger partial charge in [0.1, 0.15) is 11.1 Å². The molecular weight excluding hydrogens is 492 g/mol. The summed E-state index contributed by atoms with van der Waals surface area (Å²) in [5, 5.41) is 17.0. The van der Waals surface area contributed by atoms with Crippen LogP contribution >= 0.6 is 11.3 Å². The molecule has 1 amide bonds. The van der Waals surface area contributed by atoms with Gasteiger partial charge in [-0.05, 0) is 76.8 Å². The molecule has 9 heteroatoms. The minimum Gasteiger partial charge on any atom is -0.312 e. The second kappa shape index (κ2) is 11.0. The minimum atomic E-state index is -3.63. The third kappa shape index (κ3) is 6.00. The van der Waals surface area contributed by atoms with E-state index in [1.165, 1.54) is 35.6 Å². The van der Waals surface area contributed by atoms with Gasteiger partial charge in [-0.3, -0.25) is 4.79 Å². The molecule has 0 unspecified atom stereocenters. The monoisotopic (exact) mass is 530 g/mol. The topological polar surface area (TPSA) is 102 Å². The smallest absolute Gasteiger partial charge is 0.256 e. The highest BCUT2D eigenvalue weighted by molar-refractivity contribution is 7.89. The summed E-state index contributed by atoms with van der Waals surface area (Å²) in [6, 6.07) is 8.36. The van der Waals surface area contributed by atoms with Gasteiger partial charge in [-0.25, -0.2) is 8.42 Å². The van der Waals surface area contributed by atoms with Crippen molar-refractivity contribution in [2.24, 2.45) is 0 Å². The number of hydrogen-bond donors (Lipinski definition) is 2. The largest absolute Gasteiger partial charge is 0.312 e. The van der Waals surface area contributed by atoms with Crippen molar-refractivity contribution in [1.82, 2.24) is 9.62 Å². The van der Waals surface area contributed by atoms with E-state index < -0.39 is 10.0 Å². The third-order valence-corrected chi connectivity index (χ3v) is 9.84. The number of rotatable bonds is 10. The van der Waals surface area contributed by atoms with Gasteiger partial charge in [-0.15, -0.1) is 11.3 Å². The summed E-state index contributed by atoms with van der Waals surface area (Å²) in [4.78, 5) is 14.3. The Morgan fingerprint density at radius 3 is 2.22 bits per heavy atom. The Kier molecular flexibility index (Phi) is 8.67. The Hall–Kier alpha value is -2.25. The van der Waals surface area contributed by atoms with E-state index in [2.05, 4.69) is 44.4 Å². The van der Waals surface area contributed by atoms with E-state index in [0.29, 0.717) is 35.6 Å². The van der Waals surface area contributed by atoms with Crippen LogP contribution in [0.2, 0.25) is 0 Å². The van der Waals surface area contributed by atoms with Gasteiger partial charge >= 0.3 is 0 Å². The Morgan fingerprint density at radius 1 is 1.11 bits per heavy atom. The zero-order valence-electron chi connectivity index (χ0n) is 22.2. The quantitative estimate of drug-likeness (QED) is 0.415. The molecule has 0 saturated heterocycles. The molecule has 196 valence electrons. The lowest BCUT2D eigenvalue weighted by Crippen LogP contribution is -2.54. The summed E-state index contributed by atoms with van der Waals surface area (Å²) in [7, 11) is -3.63. The van der Waals surface area contributed by atoms with E-state index in [0.717, 1.165) is 36.1 Å². The van der Waals surface area contributed by atoms with Crippen molar-refractivity contribution in [2.75, 3.05) is 18.4 Å². The number of anilines is 1. The molecule has 2 heterocycles. The van der Waals surface area contributed by atoms with Gasteiger partial charge in [-0.1, -0.05) is 26.7 Å². The number of fused-ring (bicyclic) bond motifs is 1. The molecule has 3 rings (SSSR count). The predicted molar refractivity (Wildman–Crippen MR) is 146 cm³/mol. The predicted octanol–water partition coefficient (Wildman–Crippen LogP) is 5.62. The van der Waals surface area contributed by atoms with Gasteiger partial charge in [0.15, 0.2) is 0 Å². The van der Waals surface area contributed by atoms with Crippen LogP contribution in [0.4, 0.5) is 5.00 Å². The number of nitriles is 1. The molecule has 0 bridgehead atoms. The summed E-state index contributed by atoms with van der Waals surface area (Å²) in [6.45, 7) is 13.4. The summed E-state index contributed by atoms with van der Waals surface area (Å²) < 4.78 is 28.0. The van der Waals surface area contributed by atoms with Crippen LogP contribution in [0.15, 0.2) is 29.2 Å². The van der Waals surface area contributed by atoms with Crippen molar-refractivity contribution < 1.29 is 13.2 Å². The second-order valence-corrected chi connectivity index (χ2v) is 13.6. The second-order valence-electron chi connectivity index (χ2n) is 10.6. The van der Waals surface area contributed by atoms with Crippen molar-refractivity contribution in [3.8, 4) is 6.07 Å². The number of benzene rings is 1. The van der Waals surface area contributed by atoms with Crippen LogP contribution in [0.3, 0.4) is 0 Å². The number of amides is 1. The molecule has 0 aliphatic carbocycles. The van der Waals surface area contributed by atoms with E-state index in [1.807, 2.05) is 13.8 Å². The number of unbranched alkanes of at least 4 members (excludes halogenated alkanes) is 2. The zero-order chi connectivity index (χ0) is 26.7. The minimum absolute atomic E-state index is 0.173. The number of carbonyl (C=O) groups is 1. The van der Waals surface area contributed by atoms with E-state index in [1.54, 1.807) is 4.31 Å². The molecule has 1 aliphatic rings. The number of thiophene rings is 1. The van der Waals surface area contributed by atoms with Gasteiger partial charge in [0.2, 0.25) is 10.0 Å². The third-order valence-electron chi connectivity index (χ3n) is 6.46. The Bertz CT molecular complexity index is 1230. The maximum Gasteiger partial charge on any atom is 0.256 e. The first-order valence-electron chi connectivity index (χ1n) is 12.6. The number of nitrogens with zero attached hydrogens (tertiary/aromatic N) is 2. The van der Waals surface area contributed by atoms with E-state index in [9.17, 15) is 18.5 Å². The lowest BCUT2D eigenvalue weighted by atomic mass is 9.81. The molecule has 0 atom stereocenters. The molecule has 0 fully saturated rings. The van der Waals surface area contributed by atoms with Crippen molar-refractivity contribution in [2.45, 2.75) is 89.6 Å². The summed E-state index contributed by atoms with van der Waals surface area (Å²) in [5.74, 6) is -0.368. The maximum absolute atomic E-state index is 13.2. The van der Waals surface area contributed by atoms with Crippen molar-refractivity contribution >= 4 is 32.3 Å². The fourth-order valence-corrected chi connectivity index (χ4v) is 7.60. The van der Waals surface area contributed by atoms with Crippen LogP contribution in [0.25, 0.3) is 0 Å². The molecule has 1 aromatic carbocycles. The molecule has 2 aromatic rings. The highest BCUT2D eigenvalue weighted by Gasteiger charge is 2.40. The normalized spacial score (nSPS) is 16.4. The van der Waals surface area contributed by atoms with E-state index >= 15 is 0 Å². The first kappa shape index (κ1) is 28.3. The van der Waals surface area contributed by atoms with Crippen molar-refractivity contribution in [3.63, 3.8) is 0 Å². The highest BCUT2D eigenvalue weighted by atomic mass is 32.2. The summed E-state index contributed by atoms with van der Waals surface area (Å²) >= 11 is 1.42. The van der Waals surface area contributed by atoms with Gasteiger partial charge in [0.05, 0.1) is 10.5 Å². The molecule has 1 aliphatic heterocycles. The average molecular weight is 531 g/mol. The first-order chi connectivity index (χ1) is 16.9. The van der Waals surface area contributed by atoms with Crippen LogP contribution in [0.1, 0.15) is 93.6 Å². The Balaban J connectivity index is 1.84. The summed E-state index contributed by atoms with van der Waals surface area (Å²) in [5.41, 5.74) is 1.33. The average Bonchev–Trinajstić information content (AvgIpc) is 3.15. The first-order valence-corrected chi connectivity index (χ1v) is 14.9. The number of nitrogens with one attached hydrogen (secondary N) is 2. The van der Waals surface area contributed by atoms with Gasteiger partial charge in [0, 0.05) is 34.6 Å². The van der Waals surface area contributed by atoms with Gasteiger partial charge in [-0.2, -0.15) is 9.57 Å². The van der Waals surface area contributed by atoms with Crippen LogP contribution in [-0.4, -0.2) is 37.3 Å². The van der Waals surface area contributed by atoms with Crippen LogP contribution in [0, 0.1) is 11.3 Å². The summed E-state index contributed by atoms with van der Waals surface area (Å²) in [6.07, 6.45) is 4.13. The van der Waals surface area contributed by atoms with E-state index in [4.69, 9.17) is 0 Å². The lowest BCUT2D eigenvalue weighted by Gasteiger charge is -2.42. The van der Waals surface area contributed by atoms with Crippen LogP contribution in [0.5, 0.6) is 0 Å². The van der Waals surface area contributed by atoms with Gasteiger partial charge < -0.3 is 10.6 Å². The fraction of sp³-hybridized carbons (Fsp3) is 0.556. The number of hydrogen-bond acceptors (Lipinski definition) is 6. The van der Waals surface area contributed by atoms with Crippen molar-refractivity contribution in [1.29, 1.82) is 5.26 Å². The molecule has 2 N–H and O–H groups in total. The molecular formula is C27H38N4O3S2. The Labute approximate surface area is 220 Å². The molecule has 1 aromatic heterocycles. The molecule has 0 radical (unpaired) electrons. The lowest BCUT2D eigenvalue weighted by molar-refractivity contribution is 0.102. The molecule has 0 spiro atoms. The number of sulfonamides is 1. The fourth-order valence-electron chi connectivity index (χ4n) is 4.86.